The molecule has 0 saturated heterocycles. The topological polar surface area (TPSA) is 95.9 Å². The third-order valence-electron chi connectivity index (χ3n) is 5.51. The van der Waals surface area contributed by atoms with Crippen LogP contribution in [0.3, 0.4) is 0 Å². The van der Waals surface area contributed by atoms with E-state index in [4.69, 9.17) is 15.6 Å². The van der Waals surface area contributed by atoms with Crippen molar-refractivity contribution < 1.29 is 13.9 Å². The molecule has 0 aliphatic heterocycles. The van der Waals surface area contributed by atoms with Crippen molar-refractivity contribution in [3.63, 3.8) is 0 Å². The van der Waals surface area contributed by atoms with E-state index in [-0.39, 0.29) is 17.6 Å². The van der Waals surface area contributed by atoms with Crippen LogP contribution in [0.5, 0.6) is 11.5 Å². The molecule has 2 N–H and O–H groups in total. The van der Waals surface area contributed by atoms with Gasteiger partial charge < -0.3 is 10.5 Å². The number of rotatable bonds is 4. The summed E-state index contributed by atoms with van der Waals surface area (Å²) < 4.78 is 20.5. The second kappa shape index (κ2) is 7.79. The highest BCUT2D eigenvalue weighted by Gasteiger charge is 2.28. The molecule has 2 aromatic heterocycles. The van der Waals surface area contributed by atoms with Crippen molar-refractivity contribution in [2.45, 2.75) is 31.7 Å². The first-order chi connectivity index (χ1) is 15.1. The molecule has 156 valence electrons. The van der Waals surface area contributed by atoms with Crippen LogP contribution in [0, 0.1) is 5.82 Å². The van der Waals surface area contributed by atoms with Crippen LogP contribution in [-0.4, -0.2) is 25.5 Å². The molecular weight excluding hydrogens is 397 g/mol. The van der Waals surface area contributed by atoms with Gasteiger partial charge in [0.25, 0.3) is 0 Å². The average Bonchev–Trinajstić information content (AvgIpc) is 3.17. The fourth-order valence-electron chi connectivity index (χ4n) is 3.96. The van der Waals surface area contributed by atoms with Gasteiger partial charge in [-0.25, -0.2) is 19.0 Å². The van der Waals surface area contributed by atoms with Gasteiger partial charge in [0.1, 0.15) is 41.2 Å². The van der Waals surface area contributed by atoms with E-state index < -0.39 is 0 Å². The van der Waals surface area contributed by atoms with Crippen LogP contribution in [-0.2, 0) is 4.79 Å². The molecule has 4 aromatic rings. The molecule has 1 saturated carbocycles. The summed E-state index contributed by atoms with van der Waals surface area (Å²) in [6.45, 7) is 0. The minimum Gasteiger partial charge on any atom is -0.457 e. The zero-order valence-electron chi connectivity index (χ0n) is 16.7. The van der Waals surface area contributed by atoms with Gasteiger partial charge in [0.15, 0.2) is 11.4 Å². The van der Waals surface area contributed by atoms with Crippen LogP contribution in [0.4, 0.5) is 10.2 Å². The van der Waals surface area contributed by atoms with E-state index in [9.17, 15) is 9.18 Å². The van der Waals surface area contributed by atoms with Crippen LogP contribution in [0.15, 0.2) is 54.9 Å². The maximum atomic E-state index is 13.1. The first-order valence-corrected chi connectivity index (χ1v) is 10.2. The third kappa shape index (κ3) is 3.61. The van der Waals surface area contributed by atoms with E-state index in [0.29, 0.717) is 40.5 Å². The number of aromatic nitrogens is 4. The fourth-order valence-corrected chi connectivity index (χ4v) is 3.96. The molecular formula is C23H20FN5O2. The van der Waals surface area contributed by atoms with E-state index in [0.717, 1.165) is 24.8 Å². The van der Waals surface area contributed by atoms with Gasteiger partial charge in [-0.1, -0.05) is 6.42 Å². The molecule has 0 bridgehead atoms. The van der Waals surface area contributed by atoms with E-state index in [2.05, 4.69) is 9.97 Å². The van der Waals surface area contributed by atoms with Crippen molar-refractivity contribution in [1.82, 2.24) is 19.7 Å². The Hall–Kier alpha value is -3.81. The minimum atomic E-state index is -0.333. The van der Waals surface area contributed by atoms with Gasteiger partial charge >= 0.3 is 0 Å². The van der Waals surface area contributed by atoms with E-state index >= 15 is 0 Å². The Labute approximate surface area is 177 Å². The number of nitrogen functional groups attached to an aromatic ring is 1. The molecule has 1 atom stereocenters. The molecule has 8 heteroatoms. The number of carbonyl (C=O) groups is 1. The van der Waals surface area contributed by atoms with Gasteiger partial charge in [-0.05, 0) is 61.4 Å². The molecule has 1 fully saturated rings. The lowest BCUT2D eigenvalue weighted by Gasteiger charge is -2.21. The summed E-state index contributed by atoms with van der Waals surface area (Å²) in [4.78, 5) is 21.0. The Kier molecular flexibility index (Phi) is 4.82. The van der Waals surface area contributed by atoms with Crippen LogP contribution >= 0.6 is 0 Å². The van der Waals surface area contributed by atoms with Gasteiger partial charge in [-0.15, -0.1) is 0 Å². The molecule has 0 amide bonds. The Morgan fingerprint density at radius 2 is 1.71 bits per heavy atom. The largest absolute Gasteiger partial charge is 0.457 e. The van der Waals surface area contributed by atoms with Gasteiger partial charge in [0, 0.05) is 12.0 Å². The number of ether oxygens (including phenoxy) is 1. The van der Waals surface area contributed by atoms with Crippen molar-refractivity contribution >= 4 is 22.6 Å². The summed E-state index contributed by atoms with van der Waals surface area (Å²) in [5.41, 5.74) is 8.17. The van der Waals surface area contributed by atoms with Crippen LogP contribution in [0.25, 0.3) is 22.3 Å². The maximum absolute atomic E-state index is 13.1. The van der Waals surface area contributed by atoms with Crippen molar-refractivity contribution in [2.75, 3.05) is 5.73 Å². The van der Waals surface area contributed by atoms with Gasteiger partial charge in [-0.3, -0.25) is 4.79 Å². The lowest BCUT2D eigenvalue weighted by molar-refractivity contribution is -0.124. The highest BCUT2D eigenvalue weighted by Crippen LogP contribution is 2.35. The predicted octanol–water partition coefficient (Wildman–Crippen LogP) is 4.69. The predicted molar refractivity (Wildman–Crippen MR) is 114 cm³/mol. The molecule has 0 spiro atoms. The Balaban J connectivity index is 1.52. The van der Waals surface area contributed by atoms with Crippen LogP contribution < -0.4 is 10.5 Å². The summed E-state index contributed by atoms with van der Waals surface area (Å²) in [5, 5.41) is 5.38. The molecule has 2 aromatic carbocycles. The molecule has 5 rings (SSSR count). The number of ketones is 1. The highest BCUT2D eigenvalue weighted by atomic mass is 19.1. The van der Waals surface area contributed by atoms with Crippen LogP contribution in [0.2, 0.25) is 0 Å². The lowest BCUT2D eigenvalue weighted by atomic mass is 9.94. The first kappa shape index (κ1) is 19.2. The van der Waals surface area contributed by atoms with E-state index in [1.807, 2.05) is 12.1 Å². The molecule has 0 radical (unpaired) electrons. The fraction of sp³-hybridized carbons (Fsp3) is 0.217. The summed E-state index contributed by atoms with van der Waals surface area (Å²) in [6, 6.07) is 12.8. The lowest BCUT2D eigenvalue weighted by Crippen LogP contribution is -2.24. The number of halogens is 1. The number of Topliss-reactive ketones (excluding diaryl/α,β-unsaturated/α-hetero) is 1. The van der Waals surface area contributed by atoms with Gasteiger partial charge in [-0.2, -0.15) is 5.10 Å². The second-order valence-electron chi connectivity index (χ2n) is 7.56. The maximum Gasteiger partial charge on any atom is 0.164 e. The van der Waals surface area contributed by atoms with Crippen molar-refractivity contribution in [2.24, 2.45) is 0 Å². The number of hydrogen-bond acceptors (Lipinski definition) is 6. The van der Waals surface area contributed by atoms with E-state index in [1.54, 1.807) is 28.9 Å². The summed E-state index contributed by atoms with van der Waals surface area (Å²) in [5.74, 6) is 1.31. The molecule has 7 nitrogen and oxygen atoms in total. The SMILES string of the molecule is Nc1ncnc2c1c(-c1ccc(Oc3ccc(F)cc3)cc1)nn2C1CCCCC1=O. The Bertz CT molecular complexity index is 1250. The van der Waals surface area contributed by atoms with Crippen molar-refractivity contribution in [3.05, 3.63) is 60.7 Å². The zero-order chi connectivity index (χ0) is 21.4. The Morgan fingerprint density at radius 3 is 2.42 bits per heavy atom. The summed E-state index contributed by atoms with van der Waals surface area (Å²) in [6.07, 6.45) is 4.57. The van der Waals surface area contributed by atoms with Crippen LogP contribution in [0.1, 0.15) is 31.7 Å². The van der Waals surface area contributed by atoms with Crippen molar-refractivity contribution in [1.29, 1.82) is 0 Å². The molecule has 31 heavy (non-hydrogen) atoms. The minimum absolute atomic E-state index is 0.169. The number of nitrogens with zero attached hydrogens (tertiary/aromatic N) is 4. The van der Waals surface area contributed by atoms with Gasteiger partial charge in [0.05, 0.1) is 5.39 Å². The second-order valence-corrected chi connectivity index (χ2v) is 7.56. The average molecular weight is 417 g/mol. The Morgan fingerprint density at radius 1 is 1.00 bits per heavy atom. The zero-order valence-corrected chi connectivity index (χ0v) is 16.7. The number of fused-ring (bicyclic) bond motifs is 1. The molecule has 1 unspecified atom stereocenters. The molecule has 2 heterocycles. The number of carbonyl (C=O) groups excluding carboxylic acids is 1. The van der Waals surface area contributed by atoms with Gasteiger partial charge in [0.2, 0.25) is 0 Å². The summed E-state index contributed by atoms with van der Waals surface area (Å²) in [7, 11) is 0. The third-order valence-corrected chi connectivity index (χ3v) is 5.51. The molecule has 1 aliphatic carbocycles. The summed E-state index contributed by atoms with van der Waals surface area (Å²) >= 11 is 0. The monoisotopic (exact) mass is 417 g/mol. The smallest absolute Gasteiger partial charge is 0.164 e. The molecule has 1 aliphatic rings. The number of hydrogen-bond donors (Lipinski definition) is 1. The normalized spacial score (nSPS) is 16.5. The number of nitrogens with two attached hydrogens (primary N) is 1. The van der Waals surface area contributed by atoms with E-state index in [1.165, 1.54) is 18.5 Å². The standard InChI is InChI=1S/C23H20FN5O2/c24-15-7-11-17(12-8-15)31-16-9-5-14(6-10-16)21-20-22(25)26-13-27-23(20)29(28-21)18-3-1-2-4-19(18)30/h5-13,18H,1-4H2,(H2,25,26,27). The highest BCUT2D eigenvalue weighted by molar-refractivity contribution is 5.99. The first-order valence-electron chi connectivity index (χ1n) is 10.2. The van der Waals surface area contributed by atoms with Crippen molar-refractivity contribution in [3.8, 4) is 22.8 Å². The number of benzene rings is 2. The quantitative estimate of drug-likeness (QED) is 0.517. The number of anilines is 1.